The number of alkyl halides is 7. The van der Waals surface area contributed by atoms with Crippen molar-refractivity contribution in [3.05, 3.63) is 11.3 Å². The van der Waals surface area contributed by atoms with Crippen molar-refractivity contribution < 1.29 is 40.6 Å². The highest BCUT2D eigenvalue weighted by atomic mass is 19.4. The monoisotopic (exact) mass is 348 g/mol. The Labute approximate surface area is 127 Å². The van der Waals surface area contributed by atoms with Crippen molar-refractivity contribution in [2.75, 3.05) is 0 Å². The van der Waals surface area contributed by atoms with Crippen LogP contribution in [0.5, 0.6) is 0 Å². The fraction of sp³-hybridized carbons (Fsp3) is 0.786. The van der Waals surface area contributed by atoms with E-state index in [4.69, 9.17) is 0 Å². The first kappa shape index (κ1) is 18.1. The molecule has 2 bridgehead atoms. The SMILES string of the molecule is CC1(C)[C@H]2CC[C@]1(C)C(=O)/C2=C(/O)C(F)(F)C(F)(F)C(F)(F)F. The third kappa shape index (κ3) is 1.91. The number of carbonyl (C=O) groups is 1. The lowest BCUT2D eigenvalue weighted by atomic mass is 9.70. The second kappa shape index (κ2) is 4.42. The summed E-state index contributed by atoms with van der Waals surface area (Å²) >= 11 is 0. The lowest BCUT2D eigenvalue weighted by Gasteiger charge is -2.31. The number of aliphatic hydroxyl groups is 1. The number of Topliss-reactive ketones (excluding diaryl/α,β-unsaturated/α-hetero) is 1. The number of fused-ring (bicyclic) bond motifs is 2. The van der Waals surface area contributed by atoms with Crippen molar-refractivity contribution in [1.82, 2.24) is 0 Å². The highest BCUT2D eigenvalue weighted by molar-refractivity contribution is 6.05. The molecule has 0 saturated heterocycles. The van der Waals surface area contributed by atoms with Gasteiger partial charge in [-0.3, -0.25) is 4.79 Å². The van der Waals surface area contributed by atoms with E-state index in [1.807, 2.05) is 0 Å². The molecule has 23 heavy (non-hydrogen) atoms. The predicted molar refractivity (Wildman–Crippen MR) is 65.2 cm³/mol. The zero-order valence-corrected chi connectivity index (χ0v) is 12.5. The molecule has 2 aliphatic rings. The van der Waals surface area contributed by atoms with Crippen LogP contribution in [0.15, 0.2) is 11.3 Å². The highest BCUT2D eigenvalue weighted by Crippen LogP contribution is 2.67. The van der Waals surface area contributed by atoms with Crippen LogP contribution in [0.2, 0.25) is 0 Å². The molecule has 0 unspecified atom stereocenters. The van der Waals surface area contributed by atoms with Gasteiger partial charge in [-0.25, -0.2) is 0 Å². The smallest absolute Gasteiger partial charge is 0.460 e. The first-order chi connectivity index (χ1) is 10.0. The molecule has 9 heteroatoms. The molecule has 0 aromatic heterocycles. The number of aliphatic hydroxyl groups excluding tert-OH is 1. The molecule has 2 nitrogen and oxygen atoms in total. The summed E-state index contributed by atoms with van der Waals surface area (Å²) in [5, 5.41) is 9.54. The van der Waals surface area contributed by atoms with Gasteiger partial charge in [0.2, 0.25) is 0 Å². The van der Waals surface area contributed by atoms with E-state index in [1.54, 1.807) is 13.8 Å². The molecule has 1 N–H and O–H groups in total. The Morgan fingerprint density at radius 1 is 1.09 bits per heavy atom. The summed E-state index contributed by atoms with van der Waals surface area (Å²) in [5.74, 6) is -16.8. The lowest BCUT2D eigenvalue weighted by Crippen LogP contribution is -2.53. The summed E-state index contributed by atoms with van der Waals surface area (Å²) in [6.45, 7) is 4.53. The van der Waals surface area contributed by atoms with Crippen LogP contribution in [-0.4, -0.2) is 28.9 Å². The van der Waals surface area contributed by atoms with Gasteiger partial charge in [-0.15, -0.1) is 0 Å². The topological polar surface area (TPSA) is 37.3 Å². The maximum atomic E-state index is 13.7. The van der Waals surface area contributed by atoms with E-state index in [2.05, 4.69) is 0 Å². The molecule has 2 saturated carbocycles. The molecule has 0 aromatic carbocycles. The Morgan fingerprint density at radius 3 is 1.91 bits per heavy atom. The second-order valence-corrected chi connectivity index (χ2v) is 6.88. The molecule has 0 amide bonds. The second-order valence-electron chi connectivity index (χ2n) is 6.88. The standard InChI is InChI=1S/C14H15F7O2/c1-10(2)6-4-5-11(10,3)8(22)7(6)9(23)12(15,16)13(17,18)14(19,20)21/h6,23H,4-5H2,1-3H3/b9-7+/t6-,11+/m0/s1. The number of ketones is 1. The molecule has 2 fully saturated rings. The largest absolute Gasteiger partial charge is 0.506 e. The van der Waals surface area contributed by atoms with Gasteiger partial charge in [0.25, 0.3) is 0 Å². The Bertz CT molecular complexity index is 588. The van der Waals surface area contributed by atoms with Crippen molar-refractivity contribution in [1.29, 1.82) is 0 Å². The summed E-state index contributed by atoms with van der Waals surface area (Å²) in [6, 6.07) is 0. The lowest BCUT2D eigenvalue weighted by molar-refractivity contribution is -0.349. The molecule has 2 aliphatic carbocycles. The zero-order valence-electron chi connectivity index (χ0n) is 12.5. The van der Waals surface area contributed by atoms with Gasteiger partial charge in [0.05, 0.1) is 0 Å². The number of rotatable bonds is 2. The first-order valence-corrected chi connectivity index (χ1v) is 6.84. The number of allylic oxidation sites excluding steroid dienone is 2. The molecule has 0 aliphatic heterocycles. The predicted octanol–water partition coefficient (Wildman–Crippen LogP) is 4.66. The van der Waals surface area contributed by atoms with Crippen molar-refractivity contribution in [2.24, 2.45) is 16.7 Å². The summed E-state index contributed by atoms with van der Waals surface area (Å²) < 4.78 is 90.3. The van der Waals surface area contributed by atoms with Crippen molar-refractivity contribution in [2.45, 2.75) is 51.6 Å². The van der Waals surface area contributed by atoms with Crippen molar-refractivity contribution >= 4 is 5.78 Å². The van der Waals surface area contributed by atoms with E-state index in [9.17, 15) is 40.6 Å². The maximum absolute atomic E-state index is 13.7. The molecule has 0 spiro atoms. The van der Waals surface area contributed by atoms with Gasteiger partial charge in [-0.05, 0) is 24.2 Å². The Hall–Kier alpha value is -1.28. The molecular weight excluding hydrogens is 333 g/mol. The average Bonchev–Trinajstić information content (AvgIpc) is 2.68. The van der Waals surface area contributed by atoms with Crippen molar-refractivity contribution in [3.8, 4) is 0 Å². The molecule has 2 atom stereocenters. The van der Waals surface area contributed by atoms with Crippen LogP contribution >= 0.6 is 0 Å². The van der Waals surface area contributed by atoms with Gasteiger partial charge in [-0.1, -0.05) is 20.8 Å². The normalized spacial score (nSPS) is 33.3. The Balaban J connectivity index is 2.62. The van der Waals surface area contributed by atoms with Gasteiger partial charge in [-0.2, -0.15) is 30.7 Å². The summed E-state index contributed by atoms with van der Waals surface area (Å²) in [4.78, 5) is 12.3. The highest BCUT2D eigenvalue weighted by Gasteiger charge is 2.76. The first-order valence-electron chi connectivity index (χ1n) is 6.84. The number of carbonyl (C=O) groups excluding carboxylic acids is 1. The minimum absolute atomic E-state index is 0.155. The summed E-state index contributed by atoms with van der Waals surface area (Å²) in [5.41, 5.74) is -3.10. The van der Waals surface area contributed by atoms with Crippen LogP contribution in [0.3, 0.4) is 0 Å². The molecule has 0 aromatic rings. The molecular formula is C14H15F7O2. The zero-order chi connectivity index (χ0) is 18.2. The van der Waals surface area contributed by atoms with E-state index in [0.717, 1.165) is 0 Å². The van der Waals surface area contributed by atoms with Gasteiger partial charge >= 0.3 is 18.0 Å². The summed E-state index contributed by atoms with van der Waals surface area (Å²) in [7, 11) is 0. The third-order valence-corrected chi connectivity index (χ3v) is 5.62. The van der Waals surface area contributed by atoms with Gasteiger partial charge < -0.3 is 5.11 Å². The van der Waals surface area contributed by atoms with Crippen LogP contribution in [0.4, 0.5) is 30.7 Å². The number of hydrogen-bond acceptors (Lipinski definition) is 2. The minimum atomic E-state index is -6.56. The fourth-order valence-corrected chi connectivity index (χ4v) is 3.64. The minimum Gasteiger partial charge on any atom is -0.506 e. The van der Waals surface area contributed by atoms with Crippen LogP contribution in [0.25, 0.3) is 0 Å². The van der Waals surface area contributed by atoms with E-state index in [0.29, 0.717) is 6.42 Å². The van der Waals surface area contributed by atoms with E-state index in [-0.39, 0.29) is 6.42 Å². The van der Waals surface area contributed by atoms with Gasteiger partial charge in [0, 0.05) is 11.0 Å². The Morgan fingerprint density at radius 2 is 1.57 bits per heavy atom. The third-order valence-electron chi connectivity index (χ3n) is 5.62. The molecule has 2 rings (SSSR count). The van der Waals surface area contributed by atoms with Crippen molar-refractivity contribution in [3.63, 3.8) is 0 Å². The quantitative estimate of drug-likeness (QED) is 0.448. The van der Waals surface area contributed by atoms with E-state index < -0.39 is 51.9 Å². The van der Waals surface area contributed by atoms with Crippen LogP contribution in [0.1, 0.15) is 33.6 Å². The number of hydrogen-bond donors (Lipinski definition) is 1. The molecule has 0 radical (unpaired) electrons. The fourth-order valence-electron chi connectivity index (χ4n) is 3.64. The van der Waals surface area contributed by atoms with E-state index >= 15 is 0 Å². The van der Waals surface area contributed by atoms with E-state index in [1.165, 1.54) is 6.92 Å². The van der Waals surface area contributed by atoms with Gasteiger partial charge in [0.1, 0.15) is 0 Å². The van der Waals surface area contributed by atoms with Crippen LogP contribution in [-0.2, 0) is 4.79 Å². The molecule has 0 heterocycles. The average molecular weight is 348 g/mol. The van der Waals surface area contributed by atoms with Crippen LogP contribution in [0, 0.1) is 16.7 Å². The summed E-state index contributed by atoms with van der Waals surface area (Å²) in [6.07, 6.45) is -6.12. The van der Waals surface area contributed by atoms with Crippen LogP contribution < -0.4 is 0 Å². The number of halogens is 7. The maximum Gasteiger partial charge on any atom is 0.460 e. The molecule has 132 valence electrons. The van der Waals surface area contributed by atoms with Gasteiger partial charge in [0.15, 0.2) is 11.5 Å². The Kier molecular flexibility index (Phi) is 3.47.